The quantitative estimate of drug-likeness (QED) is 0.653. The summed E-state index contributed by atoms with van der Waals surface area (Å²) in [5.41, 5.74) is 0.410. The van der Waals surface area contributed by atoms with E-state index < -0.39 is 11.0 Å². The van der Waals surface area contributed by atoms with Crippen LogP contribution in [0.5, 0.6) is 0 Å². The third kappa shape index (κ3) is 2.77. The molecule has 0 spiro atoms. The second kappa shape index (κ2) is 5.78. The highest BCUT2D eigenvalue weighted by Crippen LogP contribution is 2.33. The van der Waals surface area contributed by atoms with Gasteiger partial charge >= 0.3 is 5.69 Å². The van der Waals surface area contributed by atoms with Gasteiger partial charge in [0.05, 0.1) is 17.1 Å². The summed E-state index contributed by atoms with van der Waals surface area (Å²) >= 11 is 0. The molecule has 20 heavy (non-hydrogen) atoms. The summed E-state index contributed by atoms with van der Waals surface area (Å²) in [6, 6.07) is -0.123. The third-order valence-corrected chi connectivity index (χ3v) is 3.78. The Morgan fingerprint density at radius 3 is 2.65 bits per heavy atom. The Balaban J connectivity index is 2.35. The van der Waals surface area contributed by atoms with Gasteiger partial charge in [-0.3, -0.25) is 10.1 Å². The van der Waals surface area contributed by atoms with Crippen LogP contribution in [0.3, 0.4) is 0 Å². The van der Waals surface area contributed by atoms with E-state index in [4.69, 9.17) is 0 Å². The monoisotopic (exact) mass is 282 g/mol. The molecule has 0 bridgehead atoms. The highest BCUT2D eigenvalue weighted by Gasteiger charge is 2.31. The smallest absolute Gasteiger partial charge is 0.333 e. The van der Waals surface area contributed by atoms with Gasteiger partial charge in [-0.15, -0.1) is 0 Å². The van der Waals surface area contributed by atoms with Gasteiger partial charge in [-0.2, -0.15) is 5.10 Å². The van der Waals surface area contributed by atoms with Gasteiger partial charge in [0.1, 0.15) is 5.69 Å². The van der Waals surface area contributed by atoms with Crippen molar-refractivity contribution in [3.05, 3.63) is 15.8 Å². The Morgan fingerprint density at radius 1 is 1.45 bits per heavy atom. The van der Waals surface area contributed by atoms with Crippen molar-refractivity contribution in [2.24, 2.45) is 0 Å². The van der Waals surface area contributed by atoms with Crippen LogP contribution in [0.15, 0.2) is 0 Å². The first-order valence-electron chi connectivity index (χ1n) is 7.10. The second-order valence-electron chi connectivity index (χ2n) is 5.68. The number of nitro groups is 1. The molecule has 1 aliphatic rings. The zero-order valence-electron chi connectivity index (χ0n) is 12.2. The van der Waals surface area contributed by atoms with Crippen LogP contribution in [-0.4, -0.2) is 32.0 Å². The minimum atomic E-state index is -0.459. The van der Waals surface area contributed by atoms with Crippen LogP contribution < -0.4 is 5.32 Å². The molecule has 1 aliphatic carbocycles. The third-order valence-electron chi connectivity index (χ3n) is 3.78. The Morgan fingerprint density at radius 2 is 2.10 bits per heavy atom. The first-order valence-corrected chi connectivity index (χ1v) is 7.10. The summed E-state index contributed by atoms with van der Waals surface area (Å²) in [7, 11) is 0. The number of hydrogen-bond donors (Lipinski definition) is 2. The van der Waals surface area contributed by atoms with Crippen molar-refractivity contribution >= 4 is 11.5 Å². The molecular formula is C13H22N4O3. The SMILES string of the molecule is Cc1nn(C(C)C)c(NC2CCCCC2O)c1[N+](=O)[O-]. The van der Waals surface area contributed by atoms with E-state index >= 15 is 0 Å². The van der Waals surface area contributed by atoms with Crippen molar-refractivity contribution < 1.29 is 10.0 Å². The molecule has 2 N–H and O–H groups in total. The molecule has 0 radical (unpaired) electrons. The van der Waals surface area contributed by atoms with Crippen LogP contribution in [0.4, 0.5) is 11.5 Å². The fraction of sp³-hybridized carbons (Fsp3) is 0.769. The van der Waals surface area contributed by atoms with Crippen LogP contribution in [0.2, 0.25) is 0 Å². The Hall–Kier alpha value is -1.63. The van der Waals surface area contributed by atoms with Gasteiger partial charge in [0.15, 0.2) is 0 Å². The maximum atomic E-state index is 11.3. The minimum absolute atomic E-state index is 0.0106. The normalized spacial score (nSPS) is 23.1. The molecule has 2 atom stereocenters. The molecule has 0 aliphatic heterocycles. The van der Waals surface area contributed by atoms with Crippen molar-refractivity contribution in [2.75, 3.05) is 5.32 Å². The van der Waals surface area contributed by atoms with Gasteiger partial charge in [-0.25, -0.2) is 4.68 Å². The van der Waals surface area contributed by atoms with Crippen LogP contribution in [0.1, 0.15) is 51.3 Å². The van der Waals surface area contributed by atoms with E-state index in [1.165, 1.54) is 0 Å². The zero-order chi connectivity index (χ0) is 14.9. The molecule has 1 saturated carbocycles. The largest absolute Gasteiger partial charge is 0.391 e. The first-order chi connectivity index (χ1) is 9.41. The molecular weight excluding hydrogens is 260 g/mol. The lowest BCUT2D eigenvalue weighted by Crippen LogP contribution is -2.37. The number of aliphatic hydroxyl groups is 1. The van der Waals surface area contributed by atoms with E-state index in [1.807, 2.05) is 13.8 Å². The fourth-order valence-corrected chi connectivity index (χ4v) is 2.72. The summed E-state index contributed by atoms with van der Waals surface area (Å²) in [6.07, 6.45) is 3.13. The molecule has 1 heterocycles. The molecule has 2 unspecified atom stereocenters. The number of rotatable bonds is 4. The average Bonchev–Trinajstić information content (AvgIpc) is 2.69. The number of aliphatic hydroxyl groups excluding tert-OH is 1. The summed E-state index contributed by atoms with van der Waals surface area (Å²) < 4.78 is 1.63. The van der Waals surface area contributed by atoms with Gasteiger partial charge in [-0.05, 0) is 33.6 Å². The Bertz CT molecular complexity index is 498. The van der Waals surface area contributed by atoms with E-state index in [-0.39, 0.29) is 17.8 Å². The predicted octanol–water partition coefficient (Wildman–Crippen LogP) is 2.40. The average molecular weight is 282 g/mol. The van der Waals surface area contributed by atoms with Crippen LogP contribution in [-0.2, 0) is 0 Å². The lowest BCUT2D eigenvalue weighted by Gasteiger charge is -2.29. The van der Waals surface area contributed by atoms with Crippen molar-refractivity contribution in [1.82, 2.24) is 9.78 Å². The number of hydrogen-bond acceptors (Lipinski definition) is 5. The highest BCUT2D eigenvalue weighted by molar-refractivity contribution is 5.60. The molecule has 0 aromatic carbocycles. The predicted molar refractivity (Wildman–Crippen MR) is 75.9 cm³/mol. The Labute approximate surface area is 118 Å². The van der Waals surface area contributed by atoms with E-state index in [9.17, 15) is 15.2 Å². The Kier molecular flexibility index (Phi) is 4.27. The zero-order valence-corrected chi connectivity index (χ0v) is 12.2. The summed E-state index contributed by atoms with van der Waals surface area (Å²) in [5, 5.41) is 28.7. The molecule has 7 nitrogen and oxygen atoms in total. The molecule has 2 rings (SSSR count). The molecule has 0 saturated heterocycles. The number of aromatic nitrogens is 2. The van der Waals surface area contributed by atoms with Crippen molar-refractivity contribution in [3.8, 4) is 0 Å². The van der Waals surface area contributed by atoms with Gasteiger partial charge in [-0.1, -0.05) is 12.8 Å². The molecule has 0 amide bonds. The number of aryl methyl sites for hydroxylation is 1. The highest BCUT2D eigenvalue weighted by atomic mass is 16.6. The van der Waals surface area contributed by atoms with E-state index in [0.29, 0.717) is 11.5 Å². The minimum Gasteiger partial charge on any atom is -0.391 e. The maximum Gasteiger partial charge on any atom is 0.333 e. The van der Waals surface area contributed by atoms with Gasteiger partial charge in [0.25, 0.3) is 0 Å². The maximum absolute atomic E-state index is 11.3. The molecule has 112 valence electrons. The number of anilines is 1. The summed E-state index contributed by atoms with van der Waals surface area (Å²) in [4.78, 5) is 10.8. The van der Waals surface area contributed by atoms with Crippen molar-refractivity contribution in [2.45, 2.75) is 64.6 Å². The van der Waals surface area contributed by atoms with Crippen molar-refractivity contribution in [1.29, 1.82) is 0 Å². The van der Waals surface area contributed by atoms with Crippen LogP contribution in [0, 0.1) is 17.0 Å². The van der Waals surface area contributed by atoms with Gasteiger partial charge in [0.2, 0.25) is 5.82 Å². The summed E-state index contributed by atoms with van der Waals surface area (Å²) in [6.45, 7) is 5.50. The lowest BCUT2D eigenvalue weighted by molar-refractivity contribution is -0.384. The standard InChI is InChI=1S/C13H22N4O3/c1-8(2)16-13(12(17(19)20)9(3)15-16)14-10-6-4-5-7-11(10)18/h8,10-11,14,18H,4-7H2,1-3H3. The summed E-state index contributed by atoms with van der Waals surface area (Å²) in [5.74, 6) is 0.411. The van der Waals surface area contributed by atoms with E-state index in [2.05, 4.69) is 10.4 Å². The molecule has 1 aromatic rings. The molecule has 1 aromatic heterocycles. The first kappa shape index (κ1) is 14.8. The fourth-order valence-electron chi connectivity index (χ4n) is 2.72. The second-order valence-corrected chi connectivity index (χ2v) is 5.68. The topological polar surface area (TPSA) is 93.2 Å². The van der Waals surface area contributed by atoms with Gasteiger partial charge in [0, 0.05) is 6.04 Å². The molecule has 1 fully saturated rings. The van der Waals surface area contributed by atoms with Gasteiger partial charge < -0.3 is 10.4 Å². The molecule has 7 heteroatoms. The number of nitrogens with one attached hydrogen (secondary N) is 1. The number of nitrogens with zero attached hydrogens (tertiary/aromatic N) is 3. The van der Waals surface area contributed by atoms with E-state index in [1.54, 1.807) is 11.6 Å². The van der Waals surface area contributed by atoms with E-state index in [0.717, 1.165) is 25.7 Å². The van der Waals surface area contributed by atoms with Crippen LogP contribution in [0.25, 0.3) is 0 Å². The lowest BCUT2D eigenvalue weighted by atomic mass is 9.92. The van der Waals surface area contributed by atoms with Crippen LogP contribution >= 0.6 is 0 Å². The van der Waals surface area contributed by atoms with Crippen molar-refractivity contribution in [3.63, 3.8) is 0 Å².